The molecule has 176 valence electrons. The number of furan rings is 1. The third-order valence-corrected chi connectivity index (χ3v) is 6.11. The predicted molar refractivity (Wildman–Crippen MR) is 129 cm³/mol. The Bertz CT molecular complexity index is 1500. The molecule has 5 rings (SSSR count). The van der Waals surface area contributed by atoms with E-state index in [1.165, 1.54) is 17.6 Å². The highest BCUT2D eigenvalue weighted by Gasteiger charge is 2.21. The van der Waals surface area contributed by atoms with Crippen LogP contribution >= 0.6 is 11.3 Å². The Morgan fingerprint density at radius 1 is 1.11 bits per heavy atom. The van der Waals surface area contributed by atoms with Gasteiger partial charge in [0.05, 0.1) is 35.0 Å². The summed E-state index contributed by atoms with van der Waals surface area (Å²) >= 11 is 1.33. The zero-order valence-electron chi connectivity index (χ0n) is 18.9. The molecule has 4 aromatic heterocycles. The lowest BCUT2D eigenvalue weighted by atomic mass is 10.1. The van der Waals surface area contributed by atoms with E-state index in [9.17, 15) is 9.59 Å². The number of aromatic nitrogens is 3. The van der Waals surface area contributed by atoms with E-state index < -0.39 is 5.97 Å². The van der Waals surface area contributed by atoms with Gasteiger partial charge in [0.2, 0.25) is 5.91 Å². The quantitative estimate of drug-likeness (QED) is 0.314. The van der Waals surface area contributed by atoms with E-state index in [4.69, 9.17) is 13.7 Å². The number of hydrogen-bond acceptors (Lipinski definition) is 9. The summed E-state index contributed by atoms with van der Waals surface area (Å²) in [6.45, 7) is 3.67. The number of benzene rings is 1. The first-order valence-corrected chi connectivity index (χ1v) is 11.6. The lowest BCUT2D eigenvalue weighted by Gasteiger charge is -2.06. The number of esters is 1. The van der Waals surface area contributed by atoms with Crippen molar-refractivity contribution in [1.82, 2.24) is 15.1 Å². The van der Waals surface area contributed by atoms with Gasteiger partial charge in [0.15, 0.2) is 5.76 Å². The second-order valence-corrected chi connectivity index (χ2v) is 8.82. The monoisotopic (exact) mass is 488 g/mol. The molecule has 1 amide bonds. The Balaban J connectivity index is 1.26. The molecule has 0 aliphatic rings. The number of nitrogens with one attached hydrogen (secondary N) is 1. The first-order valence-electron chi connectivity index (χ1n) is 10.7. The highest BCUT2D eigenvalue weighted by molar-refractivity contribution is 7.09. The van der Waals surface area contributed by atoms with Gasteiger partial charge in [0.25, 0.3) is 5.71 Å². The summed E-state index contributed by atoms with van der Waals surface area (Å²) in [7, 11) is 0. The number of carbonyl (C=O) groups excluding carboxylic acids is 2. The molecule has 0 saturated carbocycles. The summed E-state index contributed by atoms with van der Waals surface area (Å²) in [4.78, 5) is 34.1. The minimum Gasteiger partial charge on any atom is -0.463 e. The van der Waals surface area contributed by atoms with Crippen LogP contribution in [0.3, 0.4) is 0 Å². The van der Waals surface area contributed by atoms with E-state index in [1.54, 1.807) is 30.5 Å². The molecule has 10 heteroatoms. The van der Waals surface area contributed by atoms with Crippen LogP contribution in [0.4, 0.5) is 5.69 Å². The standard InChI is InChI=1S/C25H20N4O5S/c1-14-5-7-16(8-6-14)26-21(30)11-22-27-17(13-35-22)12-33-25(31)18-10-19(20-4-3-9-32-20)28-24-23(18)15(2)29-34-24/h3-10,13H,11-12H2,1-2H3,(H,26,30). The molecule has 1 N–H and O–H groups in total. The van der Waals surface area contributed by atoms with Gasteiger partial charge in [0.1, 0.15) is 17.3 Å². The Morgan fingerprint density at radius 3 is 2.71 bits per heavy atom. The Kier molecular flexibility index (Phi) is 6.11. The van der Waals surface area contributed by atoms with Crippen molar-refractivity contribution in [3.63, 3.8) is 0 Å². The van der Waals surface area contributed by atoms with Crippen molar-refractivity contribution in [2.24, 2.45) is 0 Å². The van der Waals surface area contributed by atoms with Crippen molar-refractivity contribution >= 4 is 40.0 Å². The van der Waals surface area contributed by atoms with Crippen molar-refractivity contribution in [2.45, 2.75) is 26.9 Å². The van der Waals surface area contributed by atoms with Crippen molar-refractivity contribution < 1.29 is 23.3 Å². The fraction of sp³-hybridized carbons (Fsp3) is 0.160. The second kappa shape index (κ2) is 9.51. The number of hydrogen-bond donors (Lipinski definition) is 1. The highest BCUT2D eigenvalue weighted by atomic mass is 32.1. The van der Waals surface area contributed by atoms with Gasteiger partial charge in [-0.05, 0) is 44.2 Å². The number of thiazole rings is 1. The number of ether oxygens (including phenoxy) is 1. The van der Waals surface area contributed by atoms with Gasteiger partial charge in [-0.3, -0.25) is 4.79 Å². The zero-order chi connectivity index (χ0) is 24.4. The summed E-state index contributed by atoms with van der Waals surface area (Å²) in [6.07, 6.45) is 1.65. The van der Waals surface area contributed by atoms with Gasteiger partial charge in [0, 0.05) is 11.1 Å². The number of carbonyl (C=O) groups is 2. The van der Waals surface area contributed by atoms with Crippen molar-refractivity contribution in [1.29, 1.82) is 0 Å². The van der Waals surface area contributed by atoms with Crippen molar-refractivity contribution in [3.05, 3.63) is 81.6 Å². The molecule has 0 aliphatic heterocycles. The number of anilines is 1. The first-order chi connectivity index (χ1) is 17.0. The van der Waals surface area contributed by atoms with E-state index in [1.807, 2.05) is 31.2 Å². The Morgan fingerprint density at radius 2 is 1.94 bits per heavy atom. The lowest BCUT2D eigenvalue weighted by Crippen LogP contribution is -2.14. The van der Waals surface area contributed by atoms with Crippen LogP contribution in [-0.4, -0.2) is 27.0 Å². The number of fused-ring (bicyclic) bond motifs is 1. The van der Waals surface area contributed by atoms with Gasteiger partial charge in [-0.15, -0.1) is 11.3 Å². The molecule has 0 radical (unpaired) electrons. The molecule has 0 fully saturated rings. The number of amides is 1. The Hall–Kier alpha value is -4.31. The molecule has 5 aromatic rings. The summed E-state index contributed by atoms with van der Waals surface area (Å²) in [5.74, 6) is -0.245. The molecule has 0 aliphatic carbocycles. The molecule has 0 spiro atoms. The van der Waals surface area contributed by atoms with Crippen LogP contribution in [0.25, 0.3) is 22.6 Å². The summed E-state index contributed by atoms with van der Waals surface area (Å²) in [5.41, 5.74) is 3.85. The predicted octanol–water partition coefficient (Wildman–Crippen LogP) is 5.09. The summed E-state index contributed by atoms with van der Waals surface area (Å²) < 4.78 is 16.2. The molecule has 4 heterocycles. The molecule has 0 saturated heterocycles. The third kappa shape index (κ3) is 4.97. The largest absolute Gasteiger partial charge is 0.463 e. The molecular weight excluding hydrogens is 468 g/mol. The van der Waals surface area contributed by atoms with Crippen LogP contribution in [0.2, 0.25) is 0 Å². The lowest BCUT2D eigenvalue weighted by molar-refractivity contribution is -0.115. The van der Waals surface area contributed by atoms with Crippen LogP contribution in [0.15, 0.2) is 63.0 Å². The van der Waals surface area contributed by atoms with E-state index in [2.05, 4.69) is 20.4 Å². The third-order valence-electron chi connectivity index (χ3n) is 5.21. The first kappa shape index (κ1) is 22.5. The van der Waals surface area contributed by atoms with Crippen LogP contribution in [0.5, 0.6) is 0 Å². The van der Waals surface area contributed by atoms with Gasteiger partial charge < -0.3 is 19.0 Å². The average molecular weight is 489 g/mol. The minimum atomic E-state index is -0.567. The number of pyridine rings is 1. The fourth-order valence-electron chi connectivity index (χ4n) is 3.50. The zero-order valence-corrected chi connectivity index (χ0v) is 19.7. The molecular formula is C25H20N4O5S. The van der Waals surface area contributed by atoms with Crippen LogP contribution in [-0.2, 0) is 22.6 Å². The summed E-state index contributed by atoms with van der Waals surface area (Å²) in [5, 5.41) is 9.65. The van der Waals surface area contributed by atoms with Crippen molar-refractivity contribution in [3.8, 4) is 11.5 Å². The second-order valence-electron chi connectivity index (χ2n) is 7.88. The van der Waals surface area contributed by atoms with Crippen molar-refractivity contribution in [2.75, 3.05) is 5.32 Å². The maximum absolute atomic E-state index is 13.0. The Labute approximate surface area is 203 Å². The smallest absolute Gasteiger partial charge is 0.339 e. The van der Waals surface area contributed by atoms with Gasteiger partial charge >= 0.3 is 5.97 Å². The van der Waals surface area contributed by atoms with E-state index >= 15 is 0 Å². The normalized spacial score (nSPS) is 11.0. The van der Waals surface area contributed by atoms with E-state index in [-0.39, 0.29) is 30.2 Å². The van der Waals surface area contributed by atoms with Gasteiger partial charge in [-0.2, -0.15) is 0 Å². The minimum absolute atomic E-state index is 0.0425. The number of nitrogens with zero attached hydrogens (tertiary/aromatic N) is 3. The fourth-order valence-corrected chi connectivity index (χ4v) is 4.28. The molecule has 1 aromatic carbocycles. The summed E-state index contributed by atoms with van der Waals surface area (Å²) in [6, 6.07) is 12.6. The molecule has 0 unspecified atom stereocenters. The maximum atomic E-state index is 13.0. The SMILES string of the molecule is Cc1ccc(NC(=O)Cc2nc(COC(=O)c3cc(-c4ccco4)nc4onc(C)c34)cs2)cc1. The van der Waals surface area contributed by atoms with Crippen LogP contribution in [0, 0.1) is 13.8 Å². The van der Waals surface area contributed by atoms with E-state index in [0.717, 1.165) is 11.3 Å². The molecule has 9 nitrogen and oxygen atoms in total. The number of aryl methyl sites for hydroxylation is 2. The maximum Gasteiger partial charge on any atom is 0.339 e. The molecule has 0 bridgehead atoms. The van der Waals surface area contributed by atoms with E-state index in [0.29, 0.717) is 33.2 Å². The average Bonchev–Trinajstić information content (AvgIpc) is 3.61. The topological polar surface area (TPSA) is 120 Å². The van der Waals surface area contributed by atoms with Crippen LogP contribution < -0.4 is 5.32 Å². The highest BCUT2D eigenvalue weighted by Crippen LogP contribution is 2.28. The number of rotatable bonds is 7. The van der Waals surface area contributed by atoms with Gasteiger partial charge in [-0.25, -0.2) is 14.8 Å². The van der Waals surface area contributed by atoms with Gasteiger partial charge in [-0.1, -0.05) is 22.9 Å². The molecule has 35 heavy (non-hydrogen) atoms. The molecule has 0 atom stereocenters. The van der Waals surface area contributed by atoms with Crippen LogP contribution in [0.1, 0.15) is 32.3 Å².